The van der Waals surface area contributed by atoms with E-state index in [0.29, 0.717) is 43.6 Å². The summed E-state index contributed by atoms with van der Waals surface area (Å²) in [5, 5.41) is 0.921. The van der Waals surface area contributed by atoms with E-state index >= 15 is 4.39 Å². The normalized spacial score (nSPS) is 18.8. The highest BCUT2D eigenvalue weighted by Gasteiger charge is 2.40. The molecule has 1 aromatic carbocycles. The van der Waals surface area contributed by atoms with E-state index in [1.54, 1.807) is 4.90 Å². The fraction of sp³-hybridized carbons (Fsp3) is 0.533. The molecule has 1 aliphatic heterocycles. The number of alkyl halides is 3. The zero-order valence-corrected chi connectivity index (χ0v) is 25.6. The van der Waals surface area contributed by atoms with E-state index in [1.807, 2.05) is 0 Å². The van der Waals surface area contributed by atoms with Crippen LogP contribution >= 0.6 is 0 Å². The summed E-state index contributed by atoms with van der Waals surface area (Å²) in [5.74, 6) is -1.35. The molecular weight excluding hydrogens is 568 g/mol. The lowest BCUT2D eigenvalue weighted by molar-refractivity contribution is -0.274. The van der Waals surface area contributed by atoms with Crippen molar-refractivity contribution in [1.82, 2.24) is 14.9 Å². The third-order valence-corrected chi connectivity index (χ3v) is 13.6. The molecule has 1 unspecified atom stereocenters. The Hall–Kier alpha value is -3.12. The van der Waals surface area contributed by atoms with Crippen molar-refractivity contribution >= 4 is 30.9 Å². The molecule has 1 atom stereocenters. The van der Waals surface area contributed by atoms with E-state index in [2.05, 4.69) is 48.6 Å². The van der Waals surface area contributed by atoms with Crippen molar-refractivity contribution < 1.29 is 31.5 Å². The summed E-state index contributed by atoms with van der Waals surface area (Å²) in [6, 6.07) is 3.31. The topological polar surface area (TPSA) is 93.5 Å². The first kappa shape index (κ1) is 30.3. The molecule has 3 heterocycles. The molecule has 7 nitrogen and oxygen atoms in total. The van der Waals surface area contributed by atoms with Crippen molar-refractivity contribution in [1.29, 1.82) is 0 Å². The number of nitrogens with one attached hydrogen (secondary N) is 1. The summed E-state index contributed by atoms with van der Waals surface area (Å²) in [6.45, 7) is 11.9. The average Bonchev–Trinajstić information content (AvgIpc) is 3.25. The number of nitrogen functional groups attached to an aromatic ring is 1. The van der Waals surface area contributed by atoms with Gasteiger partial charge in [0.1, 0.15) is 17.2 Å². The number of H-pyrrole nitrogens is 1. The third kappa shape index (κ3) is 6.01. The Labute approximate surface area is 243 Å². The second-order valence-corrected chi connectivity index (χ2v) is 17.7. The maximum absolute atomic E-state index is 15.5. The summed E-state index contributed by atoms with van der Waals surface area (Å²) in [5.41, 5.74) is 9.39. The molecule has 1 amide bonds. The number of carbonyl (C=O) groups is 1. The molecule has 0 radical (unpaired) electrons. The molecule has 1 saturated heterocycles. The summed E-state index contributed by atoms with van der Waals surface area (Å²) >= 11 is 0. The third-order valence-electron chi connectivity index (χ3n) is 9.10. The lowest BCUT2D eigenvalue weighted by Crippen LogP contribution is -2.45. The van der Waals surface area contributed by atoms with Gasteiger partial charge >= 0.3 is 6.36 Å². The van der Waals surface area contributed by atoms with Crippen molar-refractivity contribution in [2.24, 2.45) is 0 Å². The molecule has 5 rings (SSSR count). The highest BCUT2D eigenvalue weighted by atomic mass is 28.4. The first-order chi connectivity index (χ1) is 19.5. The van der Waals surface area contributed by atoms with Gasteiger partial charge in [0.15, 0.2) is 8.32 Å². The fourth-order valence-corrected chi connectivity index (χ4v) is 7.30. The molecule has 228 valence electrons. The smallest absolute Gasteiger partial charge is 0.414 e. The molecule has 0 spiro atoms. The predicted octanol–water partition coefficient (Wildman–Crippen LogP) is 7.08. The van der Waals surface area contributed by atoms with Crippen LogP contribution in [-0.2, 0) is 17.3 Å². The van der Waals surface area contributed by atoms with E-state index in [0.717, 1.165) is 41.6 Å². The number of aromatic nitrogens is 2. The van der Waals surface area contributed by atoms with Gasteiger partial charge in [0.2, 0.25) is 0 Å². The number of aryl methyl sites for hydroxylation is 1. The molecule has 1 fully saturated rings. The number of nitrogens with zero attached hydrogens (tertiary/aromatic N) is 2. The van der Waals surface area contributed by atoms with Crippen LogP contribution in [0.2, 0.25) is 18.1 Å². The number of pyridine rings is 1. The lowest BCUT2D eigenvalue weighted by atomic mass is 9.84. The number of hydrogen-bond acceptors (Lipinski definition) is 5. The number of fused-ring (bicyclic) bond motifs is 3. The Morgan fingerprint density at radius 1 is 1.14 bits per heavy atom. The van der Waals surface area contributed by atoms with Crippen LogP contribution in [0.1, 0.15) is 73.1 Å². The predicted molar refractivity (Wildman–Crippen MR) is 156 cm³/mol. The van der Waals surface area contributed by atoms with E-state index in [4.69, 9.17) is 10.2 Å². The van der Waals surface area contributed by atoms with Gasteiger partial charge in [0, 0.05) is 47.6 Å². The van der Waals surface area contributed by atoms with Crippen molar-refractivity contribution in [3.63, 3.8) is 0 Å². The van der Waals surface area contributed by atoms with Crippen LogP contribution in [0.4, 0.5) is 23.2 Å². The number of nitrogens with two attached hydrogens (primary N) is 1. The zero-order chi connectivity index (χ0) is 30.6. The first-order valence-electron chi connectivity index (χ1n) is 14.3. The number of anilines is 1. The SMILES string of the molecule is CC(C)(C)[Si](C)(C)OC1CCc2[nH]c3ncc(F)c(C4CCN(C(=O)c5ccc(OC(F)(F)F)cc5N)CC4)c3c2C1. The number of piperidine rings is 1. The van der Waals surface area contributed by atoms with Gasteiger partial charge in [-0.15, -0.1) is 13.2 Å². The number of carbonyl (C=O) groups excluding carboxylic acids is 1. The standard InChI is InChI=1S/C30H38F4N4O3Si/c1-29(2,3)42(4,5)41-19-7-9-24-21(14-19)26-25(22(31)16-36-27(26)37-24)17-10-12-38(13-11-17)28(39)20-8-6-18(15-23(20)35)40-30(32,33)34/h6,8,15-17,19H,7,9-14,35H2,1-5H3,(H,36,37). The van der Waals surface area contributed by atoms with Crippen molar-refractivity contribution in [2.75, 3.05) is 18.8 Å². The summed E-state index contributed by atoms with van der Waals surface area (Å²) < 4.78 is 63.8. The molecule has 1 aliphatic carbocycles. The van der Waals surface area contributed by atoms with Gasteiger partial charge in [-0.2, -0.15) is 0 Å². The van der Waals surface area contributed by atoms with Crippen molar-refractivity contribution in [3.8, 4) is 5.75 Å². The first-order valence-corrected chi connectivity index (χ1v) is 17.2. The Bertz CT molecular complexity index is 1490. The van der Waals surface area contributed by atoms with E-state index in [-0.39, 0.29) is 40.0 Å². The highest BCUT2D eigenvalue weighted by Crippen LogP contribution is 2.42. The number of halogens is 4. The second-order valence-electron chi connectivity index (χ2n) is 12.9. The van der Waals surface area contributed by atoms with Gasteiger partial charge in [0.25, 0.3) is 5.91 Å². The van der Waals surface area contributed by atoms with Gasteiger partial charge in [-0.25, -0.2) is 9.37 Å². The molecule has 2 aromatic heterocycles. The van der Waals surface area contributed by atoms with Crippen molar-refractivity contribution in [2.45, 2.75) is 89.4 Å². The Morgan fingerprint density at radius 3 is 2.45 bits per heavy atom. The van der Waals surface area contributed by atoms with E-state index in [1.165, 1.54) is 12.3 Å². The Morgan fingerprint density at radius 2 is 1.83 bits per heavy atom. The van der Waals surface area contributed by atoms with Crippen LogP contribution in [0.15, 0.2) is 24.4 Å². The highest BCUT2D eigenvalue weighted by molar-refractivity contribution is 6.74. The number of likely N-dealkylation sites (tertiary alicyclic amines) is 1. The van der Waals surface area contributed by atoms with Crippen LogP contribution in [0.5, 0.6) is 5.75 Å². The average molecular weight is 607 g/mol. The molecule has 42 heavy (non-hydrogen) atoms. The van der Waals surface area contributed by atoms with Crippen LogP contribution in [0, 0.1) is 5.82 Å². The zero-order valence-electron chi connectivity index (χ0n) is 24.6. The van der Waals surface area contributed by atoms with Crippen LogP contribution in [0.3, 0.4) is 0 Å². The molecule has 0 bridgehead atoms. The summed E-state index contributed by atoms with van der Waals surface area (Å²) in [6.07, 6.45) is -0.0562. The number of amides is 1. The monoisotopic (exact) mass is 606 g/mol. The molecular formula is C30H38F4N4O3Si. The number of aromatic amines is 1. The van der Waals surface area contributed by atoms with Crippen LogP contribution in [0.25, 0.3) is 11.0 Å². The van der Waals surface area contributed by atoms with Gasteiger partial charge < -0.3 is 24.8 Å². The molecule has 2 aliphatic rings. The summed E-state index contributed by atoms with van der Waals surface area (Å²) in [7, 11) is -1.99. The van der Waals surface area contributed by atoms with Gasteiger partial charge in [0.05, 0.1) is 11.8 Å². The van der Waals surface area contributed by atoms with E-state index in [9.17, 15) is 18.0 Å². The number of ether oxygens (including phenoxy) is 1. The van der Waals surface area contributed by atoms with Gasteiger partial charge in [-0.05, 0) is 73.9 Å². The largest absolute Gasteiger partial charge is 0.573 e. The minimum Gasteiger partial charge on any atom is -0.414 e. The second kappa shape index (κ2) is 10.9. The minimum atomic E-state index is -4.86. The van der Waals surface area contributed by atoms with Crippen LogP contribution in [-0.4, -0.2) is 54.6 Å². The number of rotatable bonds is 5. The van der Waals surface area contributed by atoms with E-state index < -0.39 is 20.4 Å². The van der Waals surface area contributed by atoms with Crippen molar-refractivity contribution in [3.05, 3.63) is 52.6 Å². The lowest BCUT2D eigenvalue weighted by Gasteiger charge is -2.40. The Kier molecular flexibility index (Phi) is 7.84. The molecule has 3 aromatic rings. The maximum atomic E-state index is 15.5. The molecule has 3 N–H and O–H groups in total. The molecule has 0 saturated carbocycles. The maximum Gasteiger partial charge on any atom is 0.573 e. The fourth-order valence-electron chi connectivity index (χ4n) is 5.91. The quantitative estimate of drug-likeness (QED) is 0.184. The molecule has 12 heteroatoms. The van der Waals surface area contributed by atoms with Gasteiger partial charge in [-0.3, -0.25) is 4.79 Å². The van der Waals surface area contributed by atoms with Crippen LogP contribution < -0.4 is 10.5 Å². The minimum absolute atomic E-state index is 0.0614. The number of hydrogen-bond donors (Lipinski definition) is 2. The number of benzene rings is 1. The van der Waals surface area contributed by atoms with Gasteiger partial charge in [-0.1, -0.05) is 20.8 Å². The summed E-state index contributed by atoms with van der Waals surface area (Å²) in [4.78, 5) is 22.6. The Balaban J connectivity index is 1.34.